The molecule has 1 rings (SSSR count). The summed E-state index contributed by atoms with van der Waals surface area (Å²) in [5.74, 6) is 0.608. The predicted octanol–water partition coefficient (Wildman–Crippen LogP) is 2.95. The number of aryl methyl sites for hydroxylation is 1. The van der Waals surface area contributed by atoms with Crippen molar-refractivity contribution in [3.63, 3.8) is 0 Å². The van der Waals surface area contributed by atoms with Gasteiger partial charge in [-0.15, -0.1) is 0 Å². The van der Waals surface area contributed by atoms with Crippen LogP contribution in [-0.2, 0) is 16.0 Å². The Morgan fingerprint density at radius 1 is 1.27 bits per heavy atom. The summed E-state index contributed by atoms with van der Waals surface area (Å²) in [5.41, 5.74) is 0.0624. The van der Waals surface area contributed by atoms with Crippen LogP contribution >= 0.6 is 0 Å². The number of nitrogens with one attached hydrogen (secondary N) is 2. The minimum Gasteiger partial charge on any atom is -0.462 e. The highest BCUT2D eigenvalue weighted by Gasteiger charge is 2.19. The van der Waals surface area contributed by atoms with Gasteiger partial charge in [0.15, 0.2) is 5.69 Å². The second-order valence-electron chi connectivity index (χ2n) is 7.99. The Bertz CT molecular complexity index is 533. The maximum atomic E-state index is 11.9. The number of rotatable bonds is 9. The lowest BCUT2D eigenvalue weighted by molar-refractivity contribution is -0.138. The van der Waals surface area contributed by atoms with Crippen LogP contribution in [0.5, 0.6) is 0 Å². The Kier molecular flexibility index (Phi) is 10.8. The van der Waals surface area contributed by atoms with Crippen LogP contribution in [0.3, 0.4) is 0 Å². The summed E-state index contributed by atoms with van der Waals surface area (Å²) >= 11 is 0. The molecule has 0 saturated heterocycles. The number of carbonyl (C=O) groups is 2. The molecule has 0 saturated carbocycles. The monoisotopic (exact) mass is 369 g/mol. The van der Waals surface area contributed by atoms with E-state index in [1.54, 1.807) is 6.07 Å². The lowest BCUT2D eigenvalue weighted by atomic mass is 9.93. The molecule has 150 valence electrons. The lowest BCUT2D eigenvalue weighted by Gasteiger charge is -2.24. The number of nitrogens with zero attached hydrogens (tertiary/aromatic N) is 1. The van der Waals surface area contributed by atoms with Gasteiger partial charge in [-0.2, -0.15) is 0 Å². The summed E-state index contributed by atoms with van der Waals surface area (Å²) in [6.07, 6.45) is 2.98. The van der Waals surface area contributed by atoms with Crippen molar-refractivity contribution in [1.82, 2.24) is 15.8 Å². The molecule has 1 amide bonds. The number of hydrogen-bond donors (Lipinski definition) is 2. The summed E-state index contributed by atoms with van der Waals surface area (Å²) in [6.45, 7) is 13.7. The molecular weight excluding hydrogens is 334 g/mol. The van der Waals surface area contributed by atoms with Crippen molar-refractivity contribution >= 4 is 12.4 Å². The summed E-state index contributed by atoms with van der Waals surface area (Å²) in [6, 6.07) is 1.73. The molecule has 7 heteroatoms. The van der Waals surface area contributed by atoms with Crippen LogP contribution in [0.2, 0.25) is 0 Å². The van der Waals surface area contributed by atoms with Crippen molar-refractivity contribution < 1.29 is 18.8 Å². The van der Waals surface area contributed by atoms with E-state index in [0.717, 1.165) is 31.6 Å². The van der Waals surface area contributed by atoms with Gasteiger partial charge < -0.3 is 19.9 Å². The molecule has 0 unspecified atom stereocenters. The second-order valence-corrected chi connectivity index (χ2v) is 7.99. The molecule has 0 radical (unpaired) electrons. The zero-order valence-electron chi connectivity index (χ0n) is 17.3. The first kappa shape index (κ1) is 24.1. The van der Waals surface area contributed by atoms with Crippen LogP contribution in [0.25, 0.3) is 0 Å². The minimum atomic E-state index is -0.318. The lowest BCUT2D eigenvalue weighted by Crippen LogP contribution is -2.39. The van der Waals surface area contributed by atoms with E-state index in [0.29, 0.717) is 18.7 Å². The second kappa shape index (κ2) is 11.7. The number of carbonyl (C=O) groups excluding carboxylic acids is 2. The van der Waals surface area contributed by atoms with Gasteiger partial charge >= 0.3 is 0 Å². The van der Waals surface area contributed by atoms with Crippen molar-refractivity contribution in [1.29, 1.82) is 0 Å². The molecule has 0 spiro atoms. The van der Waals surface area contributed by atoms with Gasteiger partial charge in [0.05, 0.1) is 0 Å². The third-order valence-electron chi connectivity index (χ3n) is 3.35. The molecule has 1 heterocycles. The standard InChI is InChI=1S/C14H25N3O2.C5H10O2/c1-5-6-7-11-8-12(17-19-11)13(18)16-10-14(2,3)9-15-4;1-5(2,3)7-4-6/h8,15H,5-7,9-10H2,1-4H3,(H,16,18);4H,1-3H3. The fraction of sp³-hybridized carbons (Fsp3) is 0.737. The van der Waals surface area contributed by atoms with E-state index in [-0.39, 0.29) is 16.9 Å². The van der Waals surface area contributed by atoms with E-state index in [9.17, 15) is 9.59 Å². The summed E-state index contributed by atoms with van der Waals surface area (Å²) < 4.78 is 9.69. The number of amides is 1. The van der Waals surface area contributed by atoms with Gasteiger partial charge in [-0.25, -0.2) is 0 Å². The van der Waals surface area contributed by atoms with Gasteiger partial charge in [0.1, 0.15) is 11.4 Å². The Labute approximate surface area is 157 Å². The van der Waals surface area contributed by atoms with Crippen LogP contribution in [0.15, 0.2) is 10.6 Å². The number of hydrogen-bond acceptors (Lipinski definition) is 6. The van der Waals surface area contributed by atoms with Crippen LogP contribution in [0.1, 0.15) is 70.6 Å². The van der Waals surface area contributed by atoms with E-state index in [2.05, 4.69) is 41.3 Å². The molecule has 0 aromatic carbocycles. The van der Waals surface area contributed by atoms with Crippen LogP contribution in [0.4, 0.5) is 0 Å². The summed E-state index contributed by atoms with van der Waals surface area (Å²) in [5, 5.41) is 9.82. The molecule has 26 heavy (non-hydrogen) atoms. The molecule has 0 atom stereocenters. The van der Waals surface area contributed by atoms with Crippen molar-refractivity contribution in [2.45, 2.75) is 66.4 Å². The first-order chi connectivity index (χ1) is 12.0. The summed E-state index contributed by atoms with van der Waals surface area (Å²) in [7, 11) is 1.90. The Balaban J connectivity index is 0.000000758. The van der Waals surface area contributed by atoms with E-state index < -0.39 is 0 Å². The van der Waals surface area contributed by atoms with Gasteiger partial charge in [-0.3, -0.25) is 9.59 Å². The quantitative estimate of drug-likeness (QED) is 0.650. The maximum absolute atomic E-state index is 11.9. The van der Waals surface area contributed by atoms with Crippen molar-refractivity contribution in [3.05, 3.63) is 17.5 Å². The Hall–Kier alpha value is -1.89. The highest BCUT2D eigenvalue weighted by atomic mass is 16.5. The van der Waals surface area contributed by atoms with Crippen molar-refractivity contribution in [2.24, 2.45) is 5.41 Å². The van der Waals surface area contributed by atoms with Crippen LogP contribution < -0.4 is 10.6 Å². The molecule has 1 aromatic rings. The third kappa shape index (κ3) is 11.6. The predicted molar refractivity (Wildman–Crippen MR) is 102 cm³/mol. The maximum Gasteiger partial charge on any atom is 0.293 e. The molecule has 2 N–H and O–H groups in total. The van der Waals surface area contributed by atoms with Crippen molar-refractivity contribution in [3.8, 4) is 0 Å². The number of aromatic nitrogens is 1. The smallest absolute Gasteiger partial charge is 0.293 e. The van der Waals surface area contributed by atoms with E-state index in [1.807, 2.05) is 27.8 Å². The normalized spacial score (nSPS) is 11.3. The van der Waals surface area contributed by atoms with Crippen LogP contribution in [0, 0.1) is 5.41 Å². The van der Waals surface area contributed by atoms with Gasteiger partial charge in [0, 0.05) is 25.6 Å². The average Bonchev–Trinajstić information content (AvgIpc) is 2.99. The number of ether oxygens (including phenoxy) is 1. The molecule has 0 aliphatic heterocycles. The Morgan fingerprint density at radius 2 is 1.92 bits per heavy atom. The SMILES string of the molecule is CC(C)(C)OC=O.CCCCc1cc(C(=O)NCC(C)(C)CNC)no1. The molecule has 0 aliphatic rings. The largest absolute Gasteiger partial charge is 0.462 e. The fourth-order valence-corrected chi connectivity index (χ4v) is 1.98. The first-order valence-corrected chi connectivity index (χ1v) is 9.04. The summed E-state index contributed by atoms with van der Waals surface area (Å²) in [4.78, 5) is 21.5. The Morgan fingerprint density at radius 3 is 2.38 bits per heavy atom. The van der Waals surface area contributed by atoms with Crippen LogP contribution in [-0.4, -0.2) is 43.3 Å². The van der Waals surface area contributed by atoms with E-state index in [1.165, 1.54) is 0 Å². The highest BCUT2D eigenvalue weighted by Crippen LogP contribution is 2.12. The average molecular weight is 370 g/mol. The minimum absolute atomic E-state index is 0.0131. The van der Waals surface area contributed by atoms with E-state index in [4.69, 9.17) is 4.52 Å². The zero-order chi connectivity index (χ0) is 20.2. The molecule has 7 nitrogen and oxygen atoms in total. The topological polar surface area (TPSA) is 93.5 Å². The molecule has 1 aromatic heterocycles. The van der Waals surface area contributed by atoms with Gasteiger partial charge in [-0.1, -0.05) is 32.3 Å². The van der Waals surface area contributed by atoms with Gasteiger partial charge in [-0.05, 0) is 39.7 Å². The van der Waals surface area contributed by atoms with Gasteiger partial charge in [0.2, 0.25) is 0 Å². The molecule has 0 bridgehead atoms. The first-order valence-electron chi connectivity index (χ1n) is 9.04. The van der Waals surface area contributed by atoms with E-state index >= 15 is 0 Å². The molecule has 0 fully saturated rings. The number of unbranched alkanes of at least 4 members (excludes halogenated alkanes) is 1. The fourth-order valence-electron chi connectivity index (χ4n) is 1.98. The highest BCUT2D eigenvalue weighted by molar-refractivity contribution is 5.92. The molecule has 0 aliphatic carbocycles. The third-order valence-corrected chi connectivity index (χ3v) is 3.35. The zero-order valence-corrected chi connectivity index (χ0v) is 17.3. The van der Waals surface area contributed by atoms with Gasteiger partial charge in [0.25, 0.3) is 12.4 Å². The van der Waals surface area contributed by atoms with Crippen molar-refractivity contribution in [2.75, 3.05) is 20.1 Å². The molecular formula is C19H35N3O4.